The molecule has 148 valence electrons. The number of benzene rings is 2. The van der Waals surface area contributed by atoms with Gasteiger partial charge < -0.3 is 10.1 Å². The lowest BCUT2D eigenvalue weighted by Gasteiger charge is -2.05. The summed E-state index contributed by atoms with van der Waals surface area (Å²) in [6.07, 6.45) is 0. The number of anilines is 2. The second kappa shape index (κ2) is 7.12. The van der Waals surface area contributed by atoms with Crippen LogP contribution >= 0.6 is 11.3 Å². The van der Waals surface area contributed by atoms with Gasteiger partial charge in [-0.15, -0.1) is 11.3 Å². The Hall–Kier alpha value is -3.98. The molecule has 0 aliphatic rings. The van der Waals surface area contributed by atoms with Crippen LogP contribution < -0.4 is 10.9 Å². The van der Waals surface area contributed by atoms with E-state index in [1.165, 1.54) is 23.0 Å². The lowest BCUT2D eigenvalue weighted by Crippen LogP contribution is -2.18. The average Bonchev–Trinajstić information content (AvgIpc) is 3.34. The molecule has 0 bridgehead atoms. The molecule has 0 unspecified atom stereocenters. The van der Waals surface area contributed by atoms with Crippen LogP contribution in [0.15, 0.2) is 65.5 Å². The van der Waals surface area contributed by atoms with Crippen molar-refractivity contribution in [1.29, 1.82) is 0 Å². The lowest BCUT2D eigenvalue weighted by molar-refractivity contribution is 0.0594. The number of nitrogens with one attached hydrogen (secondary N) is 2. The fourth-order valence-corrected chi connectivity index (χ4v) is 4.20. The molecule has 5 aromatic rings. The Kier molecular flexibility index (Phi) is 4.29. The normalized spacial score (nSPS) is 11.1. The SMILES string of the molecule is COC(=O)c1cc(=O)n2[nH]c(Nc3ccccc3)c(-c3nc4ccccc4s3)c2n1. The highest BCUT2D eigenvalue weighted by Gasteiger charge is 2.22. The number of rotatable bonds is 4. The van der Waals surface area contributed by atoms with E-state index < -0.39 is 11.5 Å². The molecular weight excluding hydrogens is 402 g/mol. The van der Waals surface area contributed by atoms with E-state index in [0.717, 1.165) is 22.0 Å². The molecule has 0 spiro atoms. The number of ether oxygens (including phenoxy) is 1. The molecule has 0 amide bonds. The molecule has 9 heteroatoms. The Balaban J connectivity index is 1.79. The van der Waals surface area contributed by atoms with Crippen molar-refractivity contribution in [3.05, 3.63) is 76.7 Å². The van der Waals surface area contributed by atoms with Gasteiger partial charge in [0.15, 0.2) is 11.3 Å². The first-order chi connectivity index (χ1) is 14.6. The molecule has 30 heavy (non-hydrogen) atoms. The molecule has 3 heterocycles. The summed E-state index contributed by atoms with van der Waals surface area (Å²) in [7, 11) is 1.25. The van der Waals surface area contributed by atoms with Gasteiger partial charge in [-0.1, -0.05) is 30.3 Å². The van der Waals surface area contributed by atoms with Gasteiger partial charge in [-0.2, -0.15) is 4.52 Å². The molecule has 5 rings (SSSR count). The predicted octanol–water partition coefficient (Wildman–Crippen LogP) is 3.83. The standard InChI is InChI=1S/C21H15N5O3S/c1-29-21(28)14-11-16(27)26-19(23-14)17(18(25-26)22-12-7-3-2-4-8-12)20-24-13-9-5-6-10-15(13)30-20/h2-11,22,25H,1H3. The van der Waals surface area contributed by atoms with Gasteiger partial charge in [-0.3, -0.25) is 9.89 Å². The highest BCUT2D eigenvalue weighted by Crippen LogP contribution is 2.37. The van der Waals surface area contributed by atoms with Gasteiger partial charge in [-0.05, 0) is 24.3 Å². The average molecular weight is 417 g/mol. The molecule has 0 saturated carbocycles. The molecule has 0 radical (unpaired) electrons. The number of esters is 1. The van der Waals surface area contributed by atoms with Crippen molar-refractivity contribution in [1.82, 2.24) is 19.6 Å². The molecule has 8 nitrogen and oxygen atoms in total. The minimum absolute atomic E-state index is 0.0601. The van der Waals surface area contributed by atoms with Crippen LogP contribution in [0.25, 0.3) is 26.4 Å². The highest BCUT2D eigenvalue weighted by atomic mass is 32.1. The van der Waals surface area contributed by atoms with E-state index in [1.54, 1.807) is 0 Å². The van der Waals surface area contributed by atoms with Gasteiger partial charge in [-0.25, -0.2) is 14.8 Å². The fraction of sp³-hybridized carbons (Fsp3) is 0.0476. The van der Waals surface area contributed by atoms with E-state index in [0.29, 0.717) is 22.0 Å². The van der Waals surface area contributed by atoms with Crippen LogP contribution in [-0.4, -0.2) is 32.7 Å². The summed E-state index contributed by atoms with van der Waals surface area (Å²) in [5.41, 5.74) is 2.07. The zero-order valence-electron chi connectivity index (χ0n) is 15.7. The number of para-hydroxylation sites is 2. The first-order valence-electron chi connectivity index (χ1n) is 9.06. The van der Waals surface area contributed by atoms with E-state index in [9.17, 15) is 9.59 Å². The third kappa shape index (κ3) is 3.01. The number of methoxy groups -OCH3 is 1. The van der Waals surface area contributed by atoms with Crippen LogP contribution in [0.4, 0.5) is 11.5 Å². The van der Waals surface area contributed by atoms with Gasteiger partial charge in [0, 0.05) is 11.8 Å². The molecule has 3 aromatic heterocycles. The number of H-pyrrole nitrogens is 1. The Labute approximate surface area is 173 Å². The number of hydrogen-bond donors (Lipinski definition) is 2. The number of aromatic amines is 1. The summed E-state index contributed by atoms with van der Waals surface area (Å²) in [5, 5.41) is 7.01. The van der Waals surface area contributed by atoms with Gasteiger partial charge in [0.2, 0.25) is 0 Å². The topological polar surface area (TPSA) is 101 Å². The largest absolute Gasteiger partial charge is 0.464 e. The maximum atomic E-state index is 12.7. The molecule has 2 aromatic carbocycles. The Bertz CT molecular complexity index is 1420. The molecule has 0 atom stereocenters. The first kappa shape index (κ1) is 18.1. The number of nitrogens with zero attached hydrogens (tertiary/aromatic N) is 3. The summed E-state index contributed by atoms with van der Waals surface area (Å²) in [6, 6.07) is 18.5. The van der Waals surface area contributed by atoms with Crippen molar-refractivity contribution in [2.45, 2.75) is 0 Å². The van der Waals surface area contributed by atoms with Crippen molar-refractivity contribution in [3.8, 4) is 10.6 Å². The summed E-state index contributed by atoms with van der Waals surface area (Å²) in [6.45, 7) is 0. The monoisotopic (exact) mass is 417 g/mol. The molecule has 0 saturated heterocycles. The van der Waals surface area contributed by atoms with Crippen molar-refractivity contribution in [2.75, 3.05) is 12.4 Å². The van der Waals surface area contributed by atoms with Gasteiger partial charge in [0.25, 0.3) is 5.56 Å². The van der Waals surface area contributed by atoms with Gasteiger partial charge >= 0.3 is 5.97 Å². The molecule has 0 aliphatic heterocycles. The lowest BCUT2D eigenvalue weighted by atomic mass is 10.2. The second-order valence-corrected chi connectivity index (χ2v) is 7.50. The minimum atomic E-state index is -0.677. The number of aromatic nitrogens is 4. The quantitative estimate of drug-likeness (QED) is 0.431. The number of thiazole rings is 1. The Morgan fingerprint density at radius 1 is 1.10 bits per heavy atom. The van der Waals surface area contributed by atoms with Crippen molar-refractivity contribution in [2.24, 2.45) is 0 Å². The maximum absolute atomic E-state index is 12.7. The van der Waals surface area contributed by atoms with Crippen molar-refractivity contribution >= 4 is 44.7 Å². The van der Waals surface area contributed by atoms with Crippen LogP contribution in [0.3, 0.4) is 0 Å². The minimum Gasteiger partial charge on any atom is -0.464 e. The summed E-state index contributed by atoms with van der Waals surface area (Å²) >= 11 is 1.48. The molecular formula is C21H15N5O3S. The first-order valence-corrected chi connectivity index (χ1v) is 9.88. The van der Waals surface area contributed by atoms with Crippen molar-refractivity contribution in [3.63, 3.8) is 0 Å². The van der Waals surface area contributed by atoms with Crippen molar-refractivity contribution < 1.29 is 9.53 Å². The Morgan fingerprint density at radius 3 is 2.63 bits per heavy atom. The van der Waals surface area contributed by atoms with Gasteiger partial charge in [0.05, 0.1) is 22.9 Å². The Morgan fingerprint density at radius 2 is 1.87 bits per heavy atom. The summed E-state index contributed by atoms with van der Waals surface area (Å²) in [5.74, 6) is -0.129. The molecule has 0 fully saturated rings. The van der Waals surface area contributed by atoms with E-state index in [-0.39, 0.29) is 5.69 Å². The van der Waals surface area contributed by atoms with E-state index >= 15 is 0 Å². The summed E-state index contributed by atoms with van der Waals surface area (Å²) < 4.78 is 7.04. The van der Waals surface area contributed by atoms with E-state index in [4.69, 9.17) is 9.72 Å². The smallest absolute Gasteiger partial charge is 0.356 e. The number of hydrogen-bond acceptors (Lipinski definition) is 7. The third-order valence-electron chi connectivity index (χ3n) is 4.56. The van der Waals surface area contributed by atoms with Gasteiger partial charge in [0.1, 0.15) is 10.8 Å². The molecule has 2 N–H and O–H groups in total. The highest BCUT2D eigenvalue weighted by molar-refractivity contribution is 7.21. The zero-order chi connectivity index (χ0) is 20.7. The maximum Gasteiger partial charge on any atom is 0.356 e. The number of carbonyl (C=O) groups is 1. The van der Waals surface area contributed by atoms with Crippen LogP contribution in [0.5, 0.6) is 0 Å². The second-order valence-electron chi connectivity index (χ2n) is 6.47. The van der Waals surface area contributed by atoms with Crippen LogP contribution in [0.1, 0.15) is 10.5 Å². The van der Waals surface area contributed by atoms with Crippen LogP contribution in [0.2, 0.25) is 0 Å². The fourth-order valence-electron chi connectivity index (χ4n) is 3.18. The molecule has 0 aliphatic carbocycles. The third-order valence-corrected chi connectivity index (χ3v) is 5.62. The van der Waals surface area contributed by atoms with E-state index in [2.05, 4.69) is 15.4 Å². The van der Waals surface area contributed by atoms with E-state index in [1.807, 2.05) is 54.6 Å². The number of carbonyl (C=O) groups excluding carboxylic acids is 1. The van der Waals surface area contributed by atoms with Crippen LogP contribution in [0, 0.1) is 0 Å². The zero-order valence-corrected chi connectivity index (χ0v) is 16.6. The summed E-state index contributed by atoms with van der Waals surface area (Å²) in [4.78, 5) is 33.8. The van der Waals surface area contributed by atoms with Crippen LogP contribution in [-0.2, 0) is 4.74 Å². The predicted molar refractivity (Wildman–Crippen MR) is 115 cm³/mol. The number of fused-ring (bicyclic) bond motifs is 2.